The molecule has 1 fully saturated rings. The van der Waals surface area contributed by atoms with Crippen molar-refractivity contribution in [2.75, 3.05) is 6.54 Å². The third-order valence-corrected chi connectivity index (χ3v) is 5.70. The van der Waals surface area contributed by atoms with Crippen LogP contribution in [0.1, 0.15) is 31.5 Å². The molecule has 4 rings (SSSR count). The van der Waals surface area contributed by atoms with Gasteiger partial charge in [0.05, 0.1) is 11.0 Å². The first-order valence-corrected chi connectivity index (χ1v) is 10.4. The molecule has 3 N–H and O–H groups in total. The van der Waals surface area contributed by atoms with Crippen LogP contribution in [-0.4, -0.2) is 28.0 Å². The molecule has 2 atom stereocenters. The van der Waals surface area contributed by atoms with Gasteiger partial charge in [0, 0.05) is 6.04 Å². The molecule has 2 aromatic carbocycles. The van der Waals surface area contributed by atoms with Gasteiger partial charge in [0.1, 0.15) is 24.7 Å². The number of nitrogens with one attached hydrogen (secondary N) is 1. The number of carbonyl (C=O) groups is 1. The number of aromatic nitrogens is 2. The Hall–Kier alpha value is -2.86. The fourth-order valence-corrected chi connectivity index (χ4v) is 4.15. The fraction of sp³-hybridized carbons (Fsp3) is 0.391. The van der Waals surface area contributed by atoms with Gasteiger partial charge in [-0.2, -0.15) is 0 Å². The second-order valence-corrected chi connectivity index (χ2v) is 7.66. The molecule has 0 saturated heterocycles. The summed E-state index contributed by atoms with van der Waals surface area (Å²) in [7, 11) is 0. The van der Waals surface area contributed by atoms with Crippen LogP contribution >= 0.6 is 0 Å². The summed E-state index contributed by atoms with van der Waals surface area (Å²) in [6, 6.07) is 17.7. The van der Waals surface area contributed by atoms with Gasteiger partial charge in [-0.3, -0.25) is 4.79 Å². The summed E-state index contributed by atoms with van der Waals surface area (Å²) in [5, 5.41) is 3.22. The van der Waals surface area contributed by atoms with E-state index in [0.29, 0.717) is 19.1 Å². The molecular formula is C23H28N4O2. The lowest BCUT2D eigenvalue weighted by atomic mass is 9.84. The number of hydrogen-bond acceptors (Lipinski definition) is 4. The Morgan fingerprint density at radius 1 is 1.10 bits per heavy atom. The zero-order valence-corrected chi connectivity index (χ0v) is 16.6. The van der Waals surface area contributed by atoms with Crippen molar-refractivity contribution in [3.63, 3.8) is 0 Å². The zero-order chi connectivity index (χ0) is 20.1. The molecule has 6 nitrogen and oxygen atoms in total. The maximum absolute atomic E-state index is 12.9. The summed E-state index contributed by atoms with van der Waals surface area (Å²) in [6.45, 7) is 1.15. The number of carbonyl (C=O) groups excluding carboxylic acids is 1. The number of rotatable bonds is 7. The predicted octanol–water partition coefficient (Wildman–Crippen LogP) is 3.25. The molecule has 1 amide bonds. The molecule has 0 aliphatic heterocycles. The number of hydrogen-bond donors (Lipinski definition) is 2. The van der Waals surface area contributed by atoms with Crippen LogP contribution in [0, 0.1) is 5.92 Å². The van der Waals surface area contributed by atoms with Gasteiger partial charge in [-0.1, -0.05) is 43.2 Å². The minimum absolute atomic E-state index is 0.000496. The van der Waals surface area contributed by atoms with E-state index >= 15 is 0 Å². The van der Waals surface area contributed by atoms with Crippen molar-refractivity contribution in [1.82, 2.24) is 14.9 Å². The van der Waals surface area contributed by atoms with Gasteiger partial charge in [0.2, 0.25) is 5.91 Å². The second kappa shape index (κ2) is 9.09. The van der Waals surface area contributed by atoms with Crippen molar-refractivity contribution in [2.45, 2.75) is 44.9 Å². The Kier molecular flexibility index (Phi) is 6.10. The number of imidazole rings is 1. The third kappa shape index (κ3) is 4.59. The molecule has 1 aliphatic carbocycles. The average molecular weight is 393 g/mol. The maximum atomic E-state index is 12.9. The van der Waals surface area contributed by atoms with Gasteiger partial charge in [-0.25, -0.2) is 4.98 Å². The van der Waals surface area contributed by atoms with E-state index < -0.39 is 0 Å². The summed E-state index contributed by atoms with van der Waals surface area (Å²) in [4.78, 5) is 17.6. The molecular weight excluding hydrogens is 364 g/mol. The van der Waals surface area contributed by atoms with E-state index in [0.717, 1.165) is 41.9 Å². The van der Waals surface area contributed by atoms with E-state index in [-0.39, 0.29) is 18.5 Å². The Bertz CT molecular complexity index is 954. The normalized spacial score (nSPS) is 19.2. The maximum Gasteiger partial charge on any atom is 0.240 e. The lowest BCUT2D eigenvalue weighted by Gasteiger charge is -2.31. The number of nitrogens with zero attached hydrogens (tertiary/aromatic N) is 2. The van der Waals surface area contributed by atoms with Crippen molar-refractivity contribution >= 4 is 16.9 Å². The Morgan fingerprint density at radius 2 is 1.86 bits per heavy atom. The van der Waals surface area contributed by atoms with Gasteiger partial charge >= 0.3 is 0 Å². The number of benzene rings is 2. The standard InChI is InChI=1S/C23H28N4O2/c24-14-17-8-4-5-11-19(17)26-23(28)15-27-21-13-7-6-12-20(21)25-22(27)16-29-18-9-2-1-3-10-18/h1-3,6-7,9-10,12-13,17,19H,4-5,8,11,14-16,24H2,(H,26,28). The Balaban J connectivity index is 1.51. The summed E-state index contributed by atoms with van der Waals surface area (Å²) in [5.74, 6) is 1.89. The Morgan fingerprint density at radius 3 is 2.69 bits per heavy atom. The molecule has 0 bridgehead atoms. The number of ether oxygens (including phenoxy) is 1. The smallest absolute Gasteiger partial charge is 0.240 e. The molecule has 0 spiro atoms. The third-order valence-electron chi connectivity index (χ3n) is 5.70. The van der Waals surface area contributed by atoms with Crippen molar-refractivity contribution < 1.29 is 9.53 Å². The van der Waals surface area contributed by atoms with E-state index in [1.54, 1.807) is 0 Å². The van der Waals surface area contributed by atoms with E-state index in [9.17, 15) is 4.79 Å². The molecule has 29 heavy (non-hydrogen) atoms. The van der Waals surface area contributed by atoms with Crippen molar-refractivity contribution in [3.05, 3.63) is 60.4 Å². The second-order valence-electron chi connectivity index (χ2n) is 7.66. The largest absolute Gasteiger partial charge is 0.486 e. The summed E-state index contributed by atoms with van der Waals surface area (Å²) >= 11 is 0. The molecule has 152 valence electrons. The highest BCUT2D eigenvalue weighted by atomic mass is 16.5. The number of amides is 1. The van der Waals surface area contributed by atoms with E-state index in [1.807, 2.05) is 59.2 Å². The highest BCUT2D eigenvalue weighted by molar-refractivity contribution is 5.81. The van der Waals surface area contributed by atoms with Gasteiger partial charge in [-0.15, -0.1) is 0 Å². The van der Waals surface area contributed by atoms with Crippen molar-refractivity contribution in [2.24, 2.45) is 11.7 Å². The summed E-state index contributed by atoms with van der Waals surface area (Å²) < 4.78 is 7.85. The molecule has 3 aromatic rings. The predicted molar refractivity (Wildman–Crippen MR) is 113 cm³/mol. The van der Waals surface area contributed by atoms with E-state index in [1.165, 1.54) is 6.42 Å². The summed E-state index contributed by atoms with van der Waals surface area (Å²) in [5.41, 5.74) is 7.72. The molecule has 1 aromatic heterocycles. The van der Waals surface area contributed by atoms with Crippen molar-refractivity contribution in [1.29, 1.82) is 0 Å². The topological polar surface area (TPSA) is 82.2 Å². The first-order valence-electron chi connectivity index (χ1n) is 10.4. The molecule has 0 radical (unpaired) electrons. The highest BCUT2D eigenvalue weighted by Crippen LogP contribution is 2.24. The minimum Gasteiger partial charge on any atom is -0.486 e. The van der Waals surface area contributed by atoms with Crippen LogP contribution in [0.4, 0.5) is 0 Å². The molecule has 2 unspecified atom stereocenters. The number of para-hydroxylation sites is 3. The van der Waals surface area contributed by atoms with Gasteiger partial charge in [-0.05, 0) is 49.6 Å². The Labute approximate surface area is 171 Å². The van der Waals surface area contributed by atoms with Crippen LogP contribution < -0.4 is 15.8 Å². The fourth-order valence-electron chi connectivity index (χ4n) is 4.15. The van der Waals surface area contributed by atoms with E-state index in [2.05, 4.69) is 5.32 Å². The van der Waals surface area contributed by atoms with Crippen LogP contribution in [0.25, 0.3) is 11.0 Å². The summed E-state index contributed by atoms with van der Waals surface area (Å²) in [6.07, 6.45) is 4.43. The van der Waals surface area contributed by atoms with Crippen LogP contribution in [-0.2, 0) is 17.9 Å². The number of fused-ring (bicyclic) bond motifs is 1. The number of nitrogens with two attached hydrogens (primary N) is 1. The first-order chi connectivity index (χ1) is 14.2. The van der Waals surface area contributed by atoms with Crippen LogP contribution in [0.2, 0.25) is 0 Å². The van der Waals surface area contributed by atoms with Crippen LogP contribution in [0.15, 0.2) is 54.6 Å². The monoisotopic (exact) mass is 392 g/mol. The molecule has 1 saturated carbocycles. The SMILES string of the molecule is NCC1CCCCC1NC(=O)Cn1c(COc2ccccc2)nc2ccccc21. The van der Waals surface area contributed by atoms with Gasteiger partial charge in [0.25, 0.3) is 0 Å². The lowest BCUT2D eigenvalue weighted by molar-refractivity contribution is -0.123. The molecule has 1 heterocycles. The van der Waals surface area contributed by atoms with Crippen molar-refractivity contribution in [3.8, 4) is 5.75 Å². The lowest BCUT2D eigenvalue weighted by Crippen LogP contribution is -2.45. The highest BCUT2D eigenvalue weighted by Gasteiger charge is 2.25. The van der Waals surface area contributed by atoms with Crippen LogP contribution in [0.3, 0.4) is 0 Å². The molecule has 1 aliphatic rings. The van der Waals surface area contributed by atoms with Gasteiger partial charge < -0.3 is 20.4 Å². The minimum atomic E-state index is -0.000496. The van der Waals surface area contributed by atoms with Gasteiger partial charge in [0.15, 0.2) is 0 Å². The van der Waals surface area contributed by atoms with E-state index in [4.69, 9.17) is 15.5 Å². The average Bonchev–Trinajstić information content (AvgIpc) is 3.10. The first kappa shape index (κ1) is 19.5. The van der Waals surface area contributed by atoms with Crippen LogP contribution in [0.5, 0.6) is 5.75 Å². The molecule has 6 heteroatoms. The quantitative estimate of drug-likeness (QED) is 0.647. The zero-order valence-electron chi connectivity index (χ0n) is 16.6.